The van der Waals surface area contributed by atoms with Gasteiger partial charge in [0.25, 0.3) is 5.91 Å². The lowest BCUT2D eigenvalue weighted by molar-refractivity contribution is 0.0922. The smallest absolute Gasteiger partial charge is 0.253 e. The molecule has 1 amide bonds. The molecule has 1 atom stereocenters. The Kier molecular flexibility index (Phi) is 3.33. The maximum absolute atomic E-state index is 11.6. The molecular weight excluding hydrogens is 240 g/mol. The van der Waals surface area contributed by atoms with Crippen LogP contribution in [0.1, 0.15) is 34.1 Å². The van der Waals surface area contributed by atoms with E-state index in [9.17, 15) is 4.79 Å². The molecule has 0 saturated heterocycles. The second-order valence-corrected chi connectivity index (χ2v) is 4.66. The Morgan fingerprint density at radius 2 is 2.00 bits per heavy atom. The summed E-state index contributed by atoms with van der Waals surface area (Å²) in [4.78, 5) is 14.7. The summed E-state index contributed by atoms with van der Waals surface area (Å²) >= 11 is 0. The van der Waals surface area contributed by atoms with Crippen LogP contribution in [0.25, 0.3) is 0 Å². The standard InChI is InChI=1S/C15H16N2O2/c18-15-12-6-8-16-14(12)13(17-15)7-9-19-10-11-4-2-1-3-5-11/h1-6,8,13,16H,7,9-10H2,(H,17,18)/t13-/m0/s1. The van der Waals surface area contributed by atoms with Crippen molar-refractivity contribution >= 4 is 5.91 Å². The maximum atomic E-state index is 11.6. The number of aromatic nitrogens is 1. The summed E-state index contributed by atoms with van der Waals surface area (Å²) in [6, 6.07) is 11.9. The Hall–Kier alpha value is -2.07. The molecule has 3 rings (SSSR count). The third-order valence-electron chi connectivity index (χ3n) is 3.34. The van der Waals surface area contributed by atoms with Crippen molar-refractivity contribution in [2.45, 2.75) is 19.1 Å². The highest BCUT2D eigenvalue weighted by Crippen LogP contribution is 2.26. The third-order valence-corrected chi connectivity index (χ3v) is 3.34. The van der Waals surface area contributed by atoms with Crippen LogP contribution < -0.4 is 5.32 Å². The minimum Gasteiger partial charge on any atom is -0.377 e. The van der Waals surface area contributed by atoms with Gasteiger partial charge in [-0.25, -0.2) is 0 Å². The average Bonchev–Trinajstić information content (AvgIpc) is 3.01. The summed E-state index contributed by atoms with van der Waals surface area (Å²) in [5, 5.41) is 2.95. The van der Waals surface area contributed by atoms with E-state index < -0.39 is 0 Å². The first kappa shape index (κ1) is 12.0. The zero-order valence-corrected chi connectivity index (χ0v) is 10.6. The van der Waals surface area contributed by atoms with E-state index in [1.54, 1.807) is 6.20 Å². The fourth-order valence-corrected chi connectivity index (χ4v) is 2.36. The first-order chi connectivity index (χ1) is 9.34. The number of rotatable bonds is 5. The van der Waals surface area contributed by atoms with Gasteiger partial charge in [0.2, 0.25) is 0 Å². The van der Waals surface area contributed by atoms with Crippen LogP contribution >= 0.6 is 0 Å². The van der Waals surface area contributed by atoms with Gasteiger partial charge in [-0.3, -0.25) is 4.79 Å². The van der Waals surface area contributed by atoms with Crippen molar-refractivity contribution in [1.29, 1.82) is 0 Å². The van der Waals surface area contributed by atoms with Gasteiger partial charge in [0.05, 0.1) is 23.9 Å². The first-order valence-corrected chi connectivity index (χ1v) is 6.44. The molecule has 4 heteroatoms. The fraction of sp³-hybridized carbons (Fsp3) is 0.267. The molecule has 4 nitrogen and oxygen atoms in total. The number of ether oxygens (including phenoxy) is 1. The highest BCUT2D eigenvalue weighted by Gasteiger charge is 2.28. The molecule has 2 aromatic rings. The molecule has 2 heterocycles. The molecule has 0 unspecified atom stereocenters. The monoisotopic (exact) mass is 256 g/mol. The van der Waals surface area contributed by atoms with Gasteiger partial charge in [0, 0.05) is 12.8 Å². The third kappa shape index (κ3) is 2.53. The number of nitrogens with one attached hydrogen (secondary N) is 2. The van der Waals surface area contributed by atoms with Crippen molar-refractivity contribution in [1.82, 2.24) is 10.3 Å². The number of amides is 1. The van der Waals surface area contributed by atoms with E-state index in [1.165, 1.54) is 5.56 Å². The van der Waals surface area contributed by atoms with E-state index in [0.29, 0.717) is 13.2 Å². The van der Waals surface area contributed by atoms with Crippen LogP contribution in [0.3, 0.4) is 0 Å². The predicted molar refractivity (Wildman–Crippen MR) is 71.7 cm³/mol. The number of carbonyl (C=O) groups is 1. The Morgan fingerprint density at radius 3 is 2.84 bits per heavy atom. The molecule has 0 radical (unpaired) electrons. The van der Waals surface area contributed by atoms with Gasteiger partial charge in [-0.05, 0) is 18.1 Å². The molecule has 2 N–H and O–H groups in total. The molecule has 1 aromatic carbocycles. The quantitative estimate of drug-likeness (QED) is 0.807. The molecule has 1 aliphatic rings. The van der Waals surface area contributed by atoms with Gasteiger partial charge in [-0.2, -0.15) is 0 Å². The van der Waals surface area contributed by atoms with Crippen molar-refractivity contribution in [2.75, 3.05) is 6.61 Å². The highest BCUT2D eigenvalue weighted by molar-refractivity contribution is 5.98. The summed E-state index contributed by atoms with van der Waals surface area (Å²) in [5.74, 6) is 0.00399. The number of fused-ring (bicyclic) bond motifs is 1. The molecule has 0 aliphatic carbocycles. The lowest BCUT2D eigenvalue weighted by Gasteiger charge is -2.11. The Bertz CT molecular complexity index is 563. The largest absolute Gasteiger partial charge is 0.377 e. The zero-order chi connectivity index (χ0) is 13.1. The maximum Gasteiger partial charge on any atom is 0.253 e. The van der Waals surface area contributed by atoms with Crippen molar-refractivity contribution in [3.05, 3.63) is 59.4 Å². The van der Waals surface area contributed by atoms with Crippen LogP contribution in [0, 0.1) is 0 Å². The van der Waals surface area contributed by atoms with Crippen LogP contribution in [0.4, 0.5) is 0 Å². The molecule has 0 bridgehead atoms. The number of aromatic amines is 1. The molecular formula is C15H16N2O2. The molecule has 98 valence electrons. The van der Waals surface area contributed by atoms with Crippen molar-refractivity contribution in [2.24, 2.45) is 0 Å². The normalized spacial score (nSPS) is 17.3. The molecule has 19 heavy (non-hydrogen) atoms. The lowest BCUT2D eigenvalue weighted by Crippen LogP contribution is -2.20. The summed E-state index contributed by atoms with van der Waals surface area (Å²) in [5.41, 5.74) is 2.90. The van der Waals surface area contributed by atoms with Gasteiger partial charge in [0.15, 0.2) is 0 Å². The van der Waals surface area contributed by atoms with Gasteiger partial charge in [-0.15, -0.1) is 0 Å². The minimum absolute atomic E-state index is 0.00399. The van der Waals surface area contributed by atoms with E-state index in [-0.39, 0.29) is 11.9 Å². The van der Waals surface area contributed by atoms with Crippen LogP contribution in [-0.4, -0.2) is 17.5 Å². The van der Waals surface area contributed by atoms with Crippen molar-refractivity contribution in [3.8, 4) is 0 Å². The van der Waals surface area contributed by atoms with E-state index in [1.807, 2.05) is 36.4 Å². The van der Waals surface area contributed by atoms with Crippen LogP contribution in [0.2, 0.25) is 0 Å². The van der Waals surface area contributed by atoms with Crippen molar-refractivity contribution < 1.29 is 9.53 Å². The topological polar surface area (TPSA) is 54.1 Å². The van der Waals surface area contributed by atoms with Crippen LogP contribution in [0.5, 0.6) is 0 Å². The molecule has 0 spiro atoms. The number of carbonyl (C=O) groups excluding carboxylic acids is 1. The van der Waals surface area contributed by atoms with E-state index in [2.05, 4.69) is 10.3 Å². The Morgan fingerprint density at radius 1 is 1.16 bits per heavy atom. The molecule has 1 aromatic heterocycles. The first-order valence-electron chi connectivity index (χ1n) is 6.44. The summed E-state index contributed by atoms with van der Waals surface area (Å²) in [7, 11) is 0. The van der Waals surface area contributed by atoms with Crippen LogP contribution in [0.15, 0.2) is 42.6 Å². The number of H-pyrrole nitrogens is 1. The Labute approximate surface area is 111 Å². The summed E-state index contributed by atoms with van der Waals surface area (Å²) in [6.45, 7) is 1.23. The minimum atomic E-state index is 0.00399. The van der Waals surface area contributed by atoms with Crippen molar-refractivity contribution in [3.63, 3.8) is 0 Å². The molecule has 0 fully saturated rings. The number of hydrogen-bond donors (Lipinski definition) is 2. The predicted octanol–water partition coefficient (Wildman–Crippen LogP) is 2.41. The van der Waals surface area contributed by atoms with Crippen LogP contribution in [-0.2, 0) is 11.3 Å². The molecule has 1 aliphatic heterocycles. The zero-order valence-electron chi connectivity index (χ0n) is 10.6. The van der Waals surface area contributed by atoms with Gasteiger partial charge in [0.1, 0.15) is 0 Å². The van der Waals surface area contributed by atoms with Gasteiger partial charge in [-0.1, -0.05) is 30.3 Å². The van der Waals surface area contributed by atoms with Gasteiger partial charge >= 0.3 is 0 Å². The Balaban J connectivity index is 1.48. The fourth-order valence-electron chi connectivity index (χ4n) is 2.36. The molecule has 0 saturated carbocycles. The number of hydrogen-bond acceptors (Lipinski definition) is 2. The lowest BCUT2D eigenvalue weighted by atomic mass is 10.1. The second kappa shape index (κ2) is 5.28. The number of benzene rings is 1. The SMILES string of the molecule is O=C1N[C@@H](CCOCc2ccccc2)c2[nH]ccc21. The average molecular weight is 256 g/mol. The second-order valence-electron chi connectivity index (χ2n) is 4.66. The van der Waals surface area contributed by atoms with E-state index in [0.717, 1.165) is 17.7 Å². The van der Waals surface area contributed by atoms with E-state index in [4.69, 9.17) is 4.74 Å². The highest BCUT2D eigenvalue weighted by atomic mass is 16.5. The summed E-state index contributed by atoms with van der Waals surface area (Å²) < 4.78 is 5.64. The van der Waals surface area contributed by atoms with E-state index >= 15 is 0 Å². The van der Waals surface area contributed by atoms with Gasteiger partial charge < -0.3 is 15.0 Å². The summed E-state index contributed by atoms with van der Waals surface area (Å²) in [6.07, 6.45) is 2.59.